The predicted octanol–water partition coefficient (Wildman–Crippen LogP) is 3.58. The van der Waals surface area contributed by atoms with E-state index in [2.05, 4.69) is 52.0 Å². The fraction of sp³-hybridized carbons (Fsp3) is 0.368. The second-order valence-electron chi connectivity index (χ2n) is 6.40. The van der Waals surface area contributed by atoms with E-state index in [9.17, 15) is 0 Å². The first-order chi connectivity index (χ1) is 11.3. The Morgan fingerprint density at radius 1 is 1.17 bits per heavy atom. The minimum Gasteiger partial charge on any atom is -0.330 e. The number of fused-ring (bicyclic) bond motifs is 1. The smallest absolute Gasteiger partial charge is 0.158 e. The molecule has 4 rings (SSSR count). The van der Waals surface area contributed by atoms with Crippen LogP contribution in [0.1, 0.15) is 19.3 Å². The van der Waals surface area contributed by atoms with E-state index in [1.165, 1.54) is 31.2 Å². The molecule has 0 saturated carbocycles. The highest BCUT2D eigenvalue weighted by Gasteiger charge is 2.20. The molecule has 0 N–H and O–H groups in total. The van der Waals surface area contributed by atoms with Crippen molar-refractivity contribution in [2.24, 2.45) is 0 Å². The van der Waals surface area contributed by atoms with Crippen LogP contribution in [0.2, 0.25) is 0 Å². The van der Waals surface area contributed by atoms with Gasteiger partial charge in [0.05, 0.1) is 5.52 Å². The molecule has 0 aliphatic carbocycles. The molecule has 0 spiro atoms. The summed E-state index contributed by atoms with van der Waals surface area (Å²) in [6, 6.07) is 13.1. The normalized spacial score (nSPS) is 18.7. The Kier molecular flexibility index (Phi) is 3.83. The molecule has 3 aromatic rings. The Morgan fingerprint density at radius 3 is 2.96 bits per heavy atom. The Morgan fingerprint density at radius 2 is 2.09 bits per heavy atom. The van der Waals surface area contributed by atoms with Crippen molar-refractivity contribution in [3.05, 3.63) is 48.8 Å². The van der Waals surface area contributed by atoms with Crippen molar-refractivity contribution in [3.8, 4) is 11.5 Å². The molecule has 0 amide bonds. The quantitative estimate of drug-likeness (QED) is 0.739. The van der Waals surface area contributed by atoms with Gasteiger partial charge in [0.25, 0.3) is 0 Å². The lowest BCUT2D eigenvalue weighted by atomic mass is 10.1. The number of para-hydroxylation sites is 1. The van der Waals surface area contributed by atoms with Crippen LogP contribution in [0.4, 0.5) is 0 Å². The summed E-state index contributed by atoms with van der Waals surface area (Å²) in [5.74, 6) is 0.969. The average molecular weight is 306 g/mol. The van der Waals surface area contributed by atoms with Crippen LogP contribution < -0.4 is 0 Å². The van der Waals surface area contributed by atoms with Gasteiger partial charge >= 0.3 is 0 Å². The van der Waals surface area contributed by atoms with Crippen LogP contribution in [-0.2, 0) is 6.54 Å². The zero-order valence-corrected chi connectivity index (χ0v) is 13.5. The fourth-order valence-corrected chi connectivity index (χ4v) is 3.55. The van der Waals surface area contributed by atoms with Gasteiger partial charge in [0, 0.05) is 30.4 Å². The van der Waals surface area contributed by atoms with E-state index in [0.29, 0.717) is 6.04 Å². The molecule has 23 heavy (non-hydrogen) atoms. The largest absolute Gasteiger partial charge is 0.330 e. The number of rotatable bonds is 4. The van der Waals surface area contributed by atoms with Crippen molar-refractivity contribution < 1.29 is 0 Å². The van der Waals surface area contributed by atoms with Crippen molar-refractivity contribution in [1.29, 1.82) is 0 Å². The van der Waals surface area contributed by atoms with Crippen LogP contribution in [-0.4, -0.2) is 39.1 Å². The van der Waals surface area contributed by atoms with Crippen LogP contribution in [0.5, 0.6) is 0 Å². The SMILES string of the molecule is CN1CCC[C@H]1CCn1ccnc1-c1ccc2ccccc2n1. The third-order valence-electron chi connectivity index (χ3n) is 4.92. The van der Waals surface area contributed by atoms with E-state index in [1.54, 1.807) is 0 Å². The minimum atomic E-state index is 0.704. The molecule has 1 atom stereocenters. The molecule has 1 aliphatic heterocycles. The van der Waals surface area contributed by atoms with Gasteiger partial charge in [-0.25, -0.2) is 9.97 Å². The molecule has 0 bridgehead atoms. The van der Waals surface area contributed by atoms with Crippen molar-refractivity contribution in [3.63, 3.8) is 0 Å². The fourth-order valence-electron chi connectivity index (χ4n) is 3.55. The van der Waals surface area contributed by atoms with Crippen LogP contribution >= 0.6 is 0 Å². The summed E-state index contributed by atoms with van der Waals surface area (Å²) in [4.78, 5) is 11.8. The molecule has 118 valence electrons. The van der Waals surface area contributed by atoms with Crippen LogP contribution in [0.25, 0.3) is 22.4 Å². The number of aryl methyl sites for hydroxylation is 1. The standard InChI is InChI=1S/C19H22N4/c1-22-12-4-6-16(22)10-13-23-14-11-20-19(23)18-9-8-15-5-2-3-7-17(15)21-18/h2-3,5,7-9,11,14,16H,4,6,10,12-13H2,1H3/t16-/m0/s1. The zero-order valence-electron chi connectivity index (χ0n) is 13.5. The van der Waals surface area contributed by atoms with Crippen molar-refractivity contribution in [2.75, 3.05) is 13.6 Å². The highest BCUT2D eigenvalue weighted by atomic mass is 15.2. The molecular formula is C19H22N4. The van der Waals surface area contributed by atoms with E-state index in [1.807, 2.05) is 18.3 Å². The number of hydrogen-bond donors (Lipinski definition) is 0. The Hall–Kier alpha value is -2.20. The van der Waals surface area contributed by atoms with E-state index in [-0.39, 0.29) is 0 Å². The number of imidazole rings is 1. The summed E-state index contributed by atoms with van der Waals surface area (Å²) in [5.41, 5.74) is 1.98. The molecular weight excluding hydrogens is 284 g/mol. The lowest BCUT2D eigenvalue weighted by Gasteiger charge is -2.19. The number of benzene rings is 1. The summed E-state index contributed by atoms with van der Waals surface area (Å²) >= 11 is 0. The molecule has 2 aromatic heterocycles. The monoisotopic (exact) mass is 306 g/mol. The molecule has 4 heteroatoms. The van der Waals surface area contributed by atoms with Gasteiger partial charge in [-0.3, -0.25) is 0 Å². The van der Waals surface area contributed by atoms with Crippen LogP contribution in [0, 0.1) is 0 Å². The van der Waals surface area contributed by atoms with Crippen molar-refractivity contribution >= 4 is 10.9 Å². The van der Waals surface area contributed by atoms with Gasteiger partial charge in [-0.15, -0.1) is 0 Å². The van der Waals surface area contributed by atoms with E-state index in [4.69, 9.17) is 4.98 Å². The first-order valence-electron chi connectivity index (χ1n) is 8.39. The van der Waals surface area contributed by atoms with Gasteiger partial charge < -0.3 is 9.47 Å². The maximum atomic E-state index is 4.78. The molecule has 3 heterocycles. The molecule has 1 aliphatic rings. The van der Waals surface area contributed by atoms with Gasteiger partial charge in [-0.2, -0.15) is 0 Å². The van der Waals surface area contributed by atoms with E-state index in [0.717, 1.165) is 23.6 Å². The van der Waals surface area contributed by atoms with Crippen LogP contribution in [0.15, 0.2) is 48.8 Å². The van der Waals surface area contributed by atoms with Gasteiger partial charge in [-0.05, 0) is 45.0 Å². The maximum Gasteiger partial charge on any atom is 0.158 e. The molecule has 1 aromatic carbocycles. The van der Waals surface area contributed by atoms with Crippen LogP contribution in [0.3, 0.4) is 0 Å². The Bertz CT molecular complexity index is 808. The highest BCUT2D eigenvalue weighted by molar-refractivity contribution is 5.80. The summed E-state index contributed by atoms with van der Waals surface area (Å²) < 4.78 is 2.24. The van der Waals surface area contributed by atoms with Gasteiger partial charge in [0.15, 0.2) is 5.82 Å². The predicted molar refractivity (Wildman–Crippen MR) is 93.2 cm³/mol. The average Bonchev–Trinajstić information content (AvgIpc) is 3.21. The Balaban J connectivity index is 1.58. The first-order valence-corrected chi connectivity index (χ1v) is 8.39. The lowest BCUT2D eigenvalue weighted by Crippen LogP contribution is -2.26. The molecule has 0 unspecified atom stereocenters. The number of nitrogens with zero attached hydrogens (tertiary/aromatic N) is 4. The second kappa shape index (κ2) is 6.13. The number of pyridine rings is 1. The zero-order chi connectivity index (χ0) is 15.6. The number of likely N-dealkylation sites (tertiary alicyclic amines) is 1. The van der Waals surface area contributed by atoms with Crippen molar-refractivity contribution in [1.82, 2.24) is 19.4 Å². The third kappa shape index (κ3) is 2.86. The van der Waals surface area contributed by atoms with E-state index < -0.39 is 0 Å². The maximum absolute atomic E-state index is 4.78. The lowest BCUT2D eigenvalue weighted by molar-refractivity contribution is 0.286. The summed E-state index contributed by atoms with van der Waals surface area (Å²) in [7, 11) is 2.23. The van der Waals surface area contributed by atoms with Gasteiger partial charge in [-0.1, -0.05) is 24.3 Å². The summed E-state index contributed by atoms with van der Waals surface area (Å²) in [6.45, 7) is 2.23. The molecule has 0 radical (unpaired) electrons. The van der Waals surface area contributed by atoms with Gasteiger partial charge in [0.1, 0.15) is 5.69 Å². The molecule has 1 saturated heterocycles. The van der Waals surface area contributed by atoms with Gasteiger partial charge in [0.2, 0.25) is 0 Å². The third-order valence-corrected chi connectivity index (χ3v) is 4.92. The van der Waals surface area contributed by atoms with Crippen molar-refractivity contribution in [2.45, 2.75) is 31.8 Å². The number of hydrogen-bond acceptors (Lipinski definition) is 3. The Labute approximate surface area is 136 Å². The highest BCUT2D eigenvalue weighted by Crippen LogP contribution is 2.22. The van der Waals surface area contributed by atoms with E-state index >= 15 is 0 Å². The number of aromatic nitrogens is 3. The second-order valence-corrected chi connectivity index (χ2v) is 6.40. The first kappa shape index (κ1) is 14.4. The summed E-state index contributed by atoms with van der Waals surface area (Å²) in [6.07, 6.45) is 7.76. The summed E-state index contributed by atoms with van der Waals surface area (Å²) in [5, 5.41) is 1.17. The molecule has 4 nitrogen and oxygen atoms in total. The minimum absolute atomic E-state index is 0.704. The topological polar surface area (TPSA) is 34.0 Å². The molecule has 1 fully saturated rings.